The molecular formula is C18H22N2O3S. The second-order valence-electron chi connectivity index (χ2n) is 5.85. The van der Waals surface area contributed by atoms with Gasteiger partial charge in [-0.05, 0) is 23.1 Å². The Morgan fingerprint density at radius 2 is 1.62 bits per heavy atom. The van der Waals surface area contributed by atoms with Crippen LogP contribution in [0.25, 0.3) is 0 Å². The molecule has 5 nitrogen and oxygen atoms in total. The van der Waals surface area contributed by atoms with Crippen LogP contribution in [0.15, 0.2) is 54.6 Å². The molecular weight excluding hydrogens is 324 g/mol. The van der Waals surface area contributed by atoms with Gasteiger partial charge in [-0.15, -0.1) is 0 Å². The summed E-state index contributed by atoms with van der Waals surface area (Å²) in [7, 11) is -3.13. The van der Waals surface area contributed by atoms with E-state index in [4.69, 9.17) is 5.73 Å². The van der Waals surface area contributed by atoms with Crippen LogP contribution in [0.2, 0.25) is 0 Å². The lowest BCUT2D eigenvalue weighted by molar-refractivity contribution is -0.122. The minimum absolute atomic E-state index is 0.0465. The van der Waals surface area contributed by atoms with Crippen molar-refractivity contribution >= 4 is 15.7 Å². The molecule has 0 aliphatic carbocycles. The molecule has 128 valence electrons. The molecule has 2 aromatic rings. The summed E-state index contributed by atoms with van der Waals surface area (Å²) in [6, 6.07) is 16.1. The number of carbonyl (C=O) groups is 1. The topological polar surface area (TPSA) is 89.3 Å². The first-order valence-electron chi connectivity index (χ1n) is 7.67. The Morgan fingerprint density at radius 3 is 2.25 bits per heavy atom. The number of nitrogens with one attached hydrogen (secondary N) is 1. The number of rotatable bonds is 7. The molecule has 0 spiro atoms. The van der Waals surface area contributed by atoms with Crippen molar-refractivity contribution in [1.29, 1.82) is 0 Å². The van der Waals surface area contributed by atoms with Crippen LogP contribution in [0.3, 0.4) is 0 Å². The maximum atomic E-state index is 12.2. The van der Waals surface area contributed by atoms with Crippen molar-refractivity contribution in [2.75, 3.05) is 6.26 Å². The van der Waals surface area contributed by atoms with Crippen molar-refractivity contribution in [2.45, 2.75) is 24.8 Å². The quantitative estimate of drug-likeness (QED) is 0.793. The average molecular weight is 346 g/mol. The zero-order chi connectivity index (χ0) is 17.6. The van der Waals surface area contributed by atoms with Crippen LogP contribution < -0.4 is 11.1 Å². The Kier molecular flexibility index (Phi) is 6.11. The molecule has 1 atom stereocenters. The Bertz CT molecular complexity index is 789. The van der Waals surface area contributed by atoms with Crippen LogP contribution in [0.5, 0.6) is 0 Å². The monoisotopic (exact) mass is 346 g/mol. The molecule has 2 rings (SSSR count). The van der Waals surface area contributed by atoms with Gasteiger partial charge >= 0.3 is 0 Å². The first kappa shape index (κ1) is 18.2. The molecule has 0 radical (unpaired) electrons. The van der Waals surface area contributed by atoms with Gasteiger partial charge in [-0.3, -0.25) is 4.79 Å². The molecule has 0 bridgehead atoms. The maximum Gasteiger partial charge on any atom is 0.237 e. The van der Waals surface area contributed by atoms with Crippen molar-refractivity contribution in [1.82, 2.24) is 5.32 Å². The average Bonchev–Trinajstić information content (AvgIpc) is 2.53. The van der Waals surface area contributed by atoms with Crippen LogP contribution in [0.1, 0.15) is 16.7 Å². The molecule has 0 saturated heterocycles. The molecule has 24 heavy (non-hydrogen) atoms. The van der Waals surface area contributed by atoms with E-state index in [0.717, 1.165) is 11.1 Å². The summed E-state index contributed by atoms with van der Waals surface area (Å²) in [6.07, 6.45) is 1.65. The molecule has 2 aromatic carbocycles. The van der Waals surface area contributed by atoms with Gasteiger partial charge in [0.05, 0.1) is 11.8 Å². The summed E-state index contributed by atoms with van der Waals surface area (Å²) in [5, 5.41) is 2.79. The second-order valence-corrected chi connectivity index (χ2v) is 7.99. The van der Waals surface area contributed by atoms with Crippen molar-refractivity contribution in [3.8, 4) is 0 Å². The Balaban J connectivity index is 1.96. The SMILES string of the molecule is CS(=O)(=O)Cc1ccccc1CNC(=O)[C@@H](N)Cc1ccccc1. The smallest absolute Gasteiger partial charge is 0.237 e. The molecule has 0 unspecified atom stereocenters. The van der Waals surface area contributed by atoms with Crippen LogP contribution in [0, 0.1) is 0 Å². The van der Waals surface area contributed by atoms with Gasteiger partial charge in [-0.1, -0.05) is 54.6 Å². The molecule has 6 heteroatoms. The van der Waals surface area contributed by atoms with Crippen molar-refractivity contribution < 1.29 is 13.2 Å². The highest BCUT2D eigenvalue weighted by Gasteiger charge is 2.15. The van der Waals surface area contributed by atoms with E-state index in [-0.39, 0.29) is 18.2 Å². The van der Waals surface area contributed by atoms with Gasteiger partial charge in [0.15, 0.2) is 9.84 Å². The molecule has 1 amide bonds. The third kappa shape index (κ3) is 5.79. The summed E-state index contributed by atoms with van der Waals surface area (Å²) >= 11 is 0. The minimum Gasteiger partial charge on any atom is -0.351 e. The van der Waals surface area contributed by atoms with Gasteiger partial charge < -0.3 is 11.1 Å². The lowest BCUT2D eigenvalue weighted by Gasteiger charge is -2.14. The highest BCUT2D eigenvalue weighted by Crippen LogP contribution is 2.12. The molecule has 3 N–H and O–H groups in total. The number of hydrogen-bond acceptors (Lipinski definition) is 4. The summed E-state index contributed by atoms with van der Waals surface area (Å²) in [5.74, 6) is -0.303. The van der Waals surface area contributed by atoms with Gasteiger partial charge in [0.25, 0.3) is 0 Å². The van der Waals surface area contributed by atoms with E-state index in [0.29, 0.717) is 12.0 Å². The van der Waals surface area contributed by atoms with E-state index < -0.39 is 15.9 Å². The molecule has 0 aliphatic heterocycles. The number of sulfone groups is 1. The van der Waals surface area contributed by atoms with E-state index in [2.05, 4.69) is 5.32 Å². The zero-order valence-corrected chi connectivity index (χ0v) is 14.4. The fourth-order valence-electron chi connectivity index (χ4n) is 2.43. The lowest BCUT2D eigenvalue weighted by Crippen LogP contribution is -2.41. The van der Waals surface area contributed by atoms with E-state index in [1.807, 2.05) is 42.5 Å². The fraction of sp³-hybridized carbons (Fsp3) is 0.278. The summed E-state index contributed by atoms with van der Waals surface area (Å²) in [6.45, 7) is 0.257. The van der Waals surface area contributed by atoms with Gasteiger partial charge in [-0.25, -0.2) is 8.42 Å². The maximum absolute atomic E-state index is 12.2. The molecule has 0 aliphatic rings. The summed E-state index contributed by atoms with van der Waals surface area (Å²) < 4.78 is 23.0. The van der Waals surface area contributed by atoms with Crippen LogP contribution in [-0.4, -0.2) is 26.6 Å². The van der Waals surface area contributed by atoms with Gasteiger partial charge in [0.2, 0.25) is 5.91 Å². The highest BCUT2D eigenvalue weighted by atomic mass is 32.2. The Morgan fingerprint density at radius 1 is 1.04 bits per heavy atom. The Hall–Kier alpha value is -2.18. The molecule has 0 heterocycles. The van der Waals surface area contributed by atoms with E-state index in [1.165, 1.54) is 6.26 Å². The first-order chi connectivity index (χ1) is 11.3. The lowest BCUT2D eigenvalue weighted by atomic mass is 10.1. The van der Waals surface area contributed by atoms with Gasteiger partial charge in [0, 0.05) is 12.8 Å². The third-order valence-corrected chi connectivity index (χ3v) is 4.46. The predicted molar refractivity (Wildman–Crippen MR) is 95.0 cm³/mol. The van der Waals surface area contributed by atoms with Crippen molar-refractivity contribution in [2.24, 2.45) is 5.73 Å². The Labute approximate surface area is 142 Å². The van der Waals surface area contributed by atoms with E-state index in [9.17, 15) is 13.2 Å². The van der Waals surface area contributed by atoms with Crippen molar-refractivity contribution in [3.05, 3.63) is 71.3 Å². The zero-order valence-electron chi connectivity index (χ0n) is 13.6. The summed E-state index contributed by atoms with van der Waals surface area (Å²) in [5.41, 5.74) is 8.42. The first-order valence-corrected chi connectivity index (χ1v) is 9.73. The largest absolute Gasteiger partial charge is 0.351 e. The van der Waals surface area contributed by atoms with Crippen molar-refractivity contribution in [3.63, 3.8) is 0 Å². The predicted octanol–water partition coefficient (Wildman–Crippen LogP) is 1.42. The van der Waals surface area contributed by atoms with Crippen LogP contribution in [0.4, 0.5) is 0 Å². The molecule has 0 saturated carbocycles. The highest BCUT2D eigenvalue weighted by molar-refractivity contribution is 7.89. The number of hydrogen-bond donors (Lipinski definition) is 2. The number of carbonyl (C=O) groups excluding carboxylic acids is 1. The van der Waals surface area contributed by atoms with Crippen LogP contribution >= 0.6 is 0 Å². The third-order valence-electron chi connectivity index (χ3n) is 3.62. The summed E-state index contributed by atoms with van der Waals surface area (Å²) in [4.78, 5) is 12.2. The van der Waals surface area contributed by atoms with E-state index in [1.54, 1.807) is 12.1 Å². The normalized spacial score (nSPS) is 12.6. The number of nitrogens with two attached hydrogens (primary N) is 1. The van der Waals surface area contributed by atoms with Gasteiger partial charge in [-0.2, -0.15) is 0 Å². The molecule has 0 aromatic heterocycles. The van der Waals surface area contributed by atoms with Crippen LogP contribution in [-0.2, 0) is 33.4 Å². The fourth-order valence-corrected chi connectivity index (χ4v) is 3.27. The molecule has 0 fully saturated rings. The van der Waals surface area contributed by atoms with Gasteiger partial charge in [0.1, 0.15) is 0 Å². The second kappa shape index (κ2) is 8.08. The van der Waals surface area contributed by atoms with E-state index >= 15 is 0 Å². The number of benzene rings is 2. The standard InChI is InChI=1S/C18H22N2O3S/c1-24(22,23)13-16-10-6-5-9-15(16)12-20-18(21)17(19)11-14-7-3-2-4-8-14/h2-10,17H,11-13,19H2,1H3,(H,20,21)/t17-/m0/s1. The minimum atomic E-state index is -3.13. The number of amides is 1.